The first-order valence-corrected chi connectivity index (χ1v) is 10.4. The molecule has 2 saturated carbocycles. The Morgan fingerprint density at radius 3 is 2.21 bits per heavy atom. The molecule has 1 aromatic carbocycles. The molecule has 2 bridgehead atoms. The summed E-state index contributed by atoms with van der Waals surface area (Å²) >= 11 is 0. The number of benzene rings is 1. The second kappa shape index (κ2) is 7.69. The molecular weight excluding hydrogens is 367 g/mol. The van der Waals surface area contributed by atoms with E-state index in [4.69, 9.17) is 0 Å². The Bertz CT molecular complexity index is 691. The average Bonchev–Trinajstić information content (AvgIpc) is 2.98. The van der Waals surface area contributed by atoms with E-state index in [0.717, 1.165) is 49.8 Å². The van der Waals surface area contributed by atoms with E-state index in [0.29, 0.717) is 6.04 Å². The molecule has 3 nitrogen and oxygen atoms in total. The van der Waals surface area contributed by atoms with Gasteiger partial charge < -0.3 is 5.11 Å². The maximum Gasteiger partial charge on any atom is 0.416 e. The molecule has 2 aliphatic carbocycles. The van der Waals surface area contributed by atoms with Crippen LogP contribution in [0.3, 0.4) is 0 Å². The van der Waals surface area contributed by atoms with Gasteiger partial charge in [-0.3, -0.25) is 9.69 Å². The fourth-order valence-corrected chi connectivity index (χ4v) is 5.91. The van der Waals surface area contributed by atoms with Gasteiger partial charge in [0.25, 0.3) is 0 Å². The van der Waals surface area contributed by atoms with E-state index in [1.165, 1.54) is 31.4 Å². The third-order valence-corrected chi connectivity index (χ3v) is 7.16. The minimum atomic E-state index is -4.33. The van der Waals surface area contributed by atoms with Crippen LogP contribution < -0.4 is 0 Å². The molecule has 4 rings (SSSR count). The van der Waals surface area contributed by atoms with Gasteiger partial charge in [0.05, 0.1) is 5.56 Å². The summed E-state index contributed by atoms with van der Waals surface area (Å²) in [7, 11) is 0. The molecule has 1 N–H and O–H groups in total. The first-order chi connectivity index (χ1) is 13.3. The molecule has 28 heavy (non-hydrogen) atoms. The number of aliphatic carboxylic acids is 1. The van der Waals surface area contributed by atoms with Gasteiger partial charge in [0.15, 0.2) is 0 Å². The Balaban J connectivity index is 1.57. The Hall–Kier alpha value is -1.56. The van der Waals surface area contributed by atoms with Crippen molar-refractivity contribution in [3.8, 4) is 0 Å². The van der Waals surface area contributed by atoms with Gasteiger partial charge >= 0.3 is 12.1 Å². The second-order valence-electron chi connectivity index (χ2n) is 9.07. The van der Waals surface area contributed by atoms with Crippen molar-refractivity contribution < 1.29 is 23.1 Å². The maximum absolute atomic E-state index is 13.0. The molecule has 1 saturated heterocycles. The van der Waals surface area contributed by atoms with Crippen molar-refractivity contribution in [2.45, 2.75) is 63.1 Å². The summed E-state index contributed by atoms with van der Waals surface area (Å²) in [4.78, 5) is 13.8. The summed E-state index contributed by atoms with van der Waals surface area (Å²) < 4.78 is 38.9. The number of likely N-dealkylation sites (tertiary alicyclic amines) is 1. The van der Waals surface area contributed by atoms with Crippen LogP contribution in [0, 0.1) is 17.8 Å². The van der Waals surface area contributed by atoms with Crippen LogP contribution in [-0.4, -0.2) is 35.1 Å². The van der Waals surface area contributed by atoms with Gasteiger partial charge in [-0.1, -0.05) is 12.1 Å². The Labute approximate surface area is 163 Å². The zero-order chi connectivity index (χ0) is 19.9. The number of hydrogen-bond acceptors (Lipinski definition) is 2. The Kier molecular flexibility index (Phi) is 5.43. The normalized spacial score (nSPS) is 33.8. The average molecular weight is 395 g/mol. The van der Waals surface area contributed by atoms with Crippen LogP contribution in [-0.2, 0) is 11.0 Å². The van der Waals surface area contributed by atoms with Crippen molar-refractivity contribution in [1.29, 1.82) is 0 Å². The summed E-state index contributed by atoms with van der Waals surface area (Å²) in [5.74, 6) is 0.929. The lowest BCUT2D eigenvalue weighted by atomic mass is 9.72. The smallest absolute Gasteiger partial charge is 0.416 e. The number of piperidine rings is 1. The molecule has 3 fully saturated rings. The van der Waals surface area contributed by atoms with E-state index in [1.807, 2.05) is 0 Å². The van der Waals surface area contributed by atoms with E-state index < -0.39 is 17.7 Å². The molecule has 0 spiro atoms. The van der Waals surface area contributed by atoms with Gasteiger partial charge in [-0.15, -0.1) is 0 Å². The van der Waals surface area contributed by atoms with Crippen LogP contribution in [0.25, 0.3) is 0 Å². The van der Waals surface area contributed by atoms with Crippen LogP contribution in [0.2, 0.25) is 0 Å². The topological polar surface area (TPSA) is 40.5 Å². The first kappa shape index (κ1) is 19.7. The lowest BCUT2D eigenvalue weighted by molar-refractivity contribution is -0.139. The number of carboxylic acids is 1. The number of halogens is 3. The monoisotopic (exact) mass is 395 g/mol. The minimum absolute atomic E-state index is 0.0996. The molecule has 0 unspecified atom stereocenters. The van der Waals surface area contributed by atoms with Gasteiger partial charge in [0.2, 0.25) is 0 Å². The van der Waals surface area contributed by atoms with Crippen LogP contribution in [0.4, 0.5) is 13.2 Å². The van der Waals surface area contributed by atoms with Crippen LogP contribution in [0.15, 0.2) is 24.3 Å². The third-order valence-electron chi connectivity index (χ3n) is 7.16. The Morgan fingerprint density at radius 1 is 1.00 bits per heavy atom. The SMILES string of the molecule is O=C(O)C[C@@H]1CC[C@@H](N2C[C@@H]3CC[C@@H](C3)C2)[C@H](c2ccc(C(F)(F)F)cc2)C1. The zero-order valence-electron chi connectivity index (χ0n) is 16.0. The molecule has 0 amide bonds. The number of alkyl halides is 3. The molecule has 1 aromatic rings. The molecule has 0 aromatic heterocycles. The van der Waals surface area contributed by atoms with Crippen molar-refractivity contribution in [1.82, 2.24) is 4.90 Å². The standard InChI is InChI=1S/C22H28F3NO2/c23-22(24,25)18-6-4-17(5-7-18)19-10-14(11-21(27)28)3-8-20(19)26-12-15-1-2-16(9-15)13-26/h4-7,14-16,19-20H,1-3,8-13H2,(H,27,28)/t14-,15-,16+,19+,20-/m1/s1. The molecule has 1 aliphatic heterocycles. The molecule has 1 heterocycles. The summed E-state index contributed by atoms with van der Waals surface area (Å²) in [5, 5.41) is 9.21. The highest BCUT2D eigenvalue weighted by molar-refractivity contribution is 5.67. The summed E-state index contributed by atoms with van der Waals surface area (Å²) in [6.45, 7) is 2.17. The number of rotatable bonds is 4. The van der Waals surface area contributed by atoms with Crippen molar-refractivity contribution >= 4 is 5.97 Å². The number of hydrogen-bond donors (Lipinski definition) is 1. The molecule has 0 radical (unpaired) electrons. The molecule has 6 heteroatoms. The lowest BCUT2D eigenvalue weighted by Gasteiger charge is -2.45. The molecule has 154 valence electrons. The van der Waals surface area contributed by atoms with E-state index in [2.05, 4.69) is 4.90 Å². The van der Waals surface area contributed by atoms with Gasteiger partial charge in [0, 0.05) is 25.6 Å². The van der Waals surface area contributed by atoms with Gasteiger partial charge in [-0.25, -0.2) is 0 Å². The molecule has 5 atom stereocenters. The lowest BCUT2D eigenvalue weighted by Crippen LogP contribution is -2.48. The highest BCUT2D eigenvalue weighted by atomic mass is 19.4. The van der Waals surface area contributed by atoms with Gasteiger partial charge in [0.1, 0.15) is 0 Å². The van der Waals surface area contributed by atoms with Crippen molar-refractivity contribution in [2.24, 2.45) is 17.8 Å². The molecule has 3 aliphatic rings. The number of carboxylic acid groups (broad SMARTS) is 1. The van der Waals surface area contributed by atoms with Crippen LogP contribution in [0.5, 0.6) is 0 Å². The second-order valence-corrected chi connectivity index (χ2v) is 9.07. The number of carbonyl (C=O) groups is 1. The Morgan fingerprint density at radius 2 is 1.64 bits per heavy atom. The third kappa shape index (κ3) is 4.22. The van der Waals surface area contributed by atoms with Crippen LogP contribution >= 0.6 is 0 Å². The van der Waals surface area contributed by atoms with E-state index in [9.17, 15) is 23.1 Å². The van der Waals surface area contributed by atoms with E-state index >= 15 is 0 Å². The zero-order valence-corrected chi connectivity index (χ0v) is 16.0. The summed E-state index contributed by atoms with van der Waals surface area (Å²) in [6, 6.07) is 5.88. The van der Waals surface area contributed by atoms with Gasteiger partial charge in [-0.05, 0) is 79.9 Å². The minimum Gasteiger partial charge on any atom is -0.481 e. The van der Waals surface area contributed by atoms with E-state index in [1.54, 1.807) is 12.1 Å². The van der Waals surface area contributed by atoms with Crippen LogP contribution in [0.1, 0.15) is 62.0 Å². The highest BCUT2D eigenvalue weighted by Crippen LogP contribution is 2.45. The van der Waals surface area contributed by atoms with Crippen molar-refractivity contribution in [3.05, 3.63) is 35.4 Å². The fourth-order valence-electron chi connectivity index (χ4n) is 5.91. The van der Waals surface area contributed by atoms with Crippen molar-refractivity contribution in [3.63, 3.8) is 0 Å². The van der Waals surface area contributed by atoms with Gasteiger partial charge in [-0.2, -0.15) is 13.2 Å². The largest absolute Gasteiger partial charge is 0.481 e. The number of nitrogens with zero attached hydrogens (tertiary/aromatic N) is 1. The quantitative estimate of drug-likeness (QED) is 0.765. The predicted molar refractivity (Wildman–Crippen MR) is 100.0 cm³/mol. The fraction of sp³-hybridized carbons (Fsp3) is 0.682. The maximum atomic E-state index is 13.0. The first-order valence-electron chi connectivity index (χ1n) is 10.4. The summed E-state index contributed by atoms with van der Waals surface area (Å²) in [6.07, 6.45) is 2.28. The highest BCUT2D eigenvalue weighted by Gasteiger charge is 2.41. The molecular formula is C22H28F3NO2. The summed E-state index contributed by atoms with van der Waals surface area (Å²) in [5.41, 5.74) is 0.299. The number of fused-ring (bicyclic) bond motifs is 2. The van der Waals surface area contributed by atoms with Crippen molar-refractivity contribution in [2.75, 3.05) is 13.1 Å². The predicted octanol–water partition coefficient (Wildman–Crippen LogP) is 5.16. The van der Waals surface area contributed by atoms with E-state index in [-0.39, 0.29) is 18.3 Å².